The lowest BCUT2D eigenvalue weighted by Gasteiger charge is -2.19. The van der Waals surface area contributed by atoms with Crippen LogP contribution in [0.5, 0.6) is 5.88 Å². The molecule has 0 unspecified atom stereocenters. The van der Waals surface area contributed by atoms with E-state index in [9.17, 15) is 9.59 Å². The van der Waals surface area contributed by atoms with Crippen LogP contribution in [0.4, 0.5) is 4.79 Å². The van der Waals surface area contributed by atoms with Crippen molar-refractivity contribution in [1.29, 1.82) is 0 Å². The van der Waals surface area contributed by atoms with Crippen molar-refractivity contribution in [1.82, 2.24) is 15.6 Å². The summed E-state index contributed by atoms with van der Waals surface area (Å²) < 4.78 is 20.6. The van der Waals surface area contributed by atoms with Crippen LogP contribution in [-0.4, -0.2) is 35.2 Å². The van der Waals surface area contributed by atoms with E-state index in [0.29, 0.717) is 39.6 Å². The van der Waals surface area contributed by atoms with Gasteiger partial charge in [0.2, 0.25) is 0 Å². The average Bonchev–Trinajstić information content (AvgIpc) is 3.46. The van der Waals surface area contributed by atoms with E-state index in [-0.39, 0.29) is 12.2 Å². The molecular weight excluding hydrogens is 509 g/mol. The minimum absolute atomic E-state index is 0.244. The topological polar surface area (TPSA) is 120 Å². The first-order chi connectivity index (χ1) is 17.1. The van der Waals surface area contributed by atoms with Crippen molar-refractivity contribution in [3.63, 3.8) is 0 Å². The van der Waals surface area contributed by atoms with Crippen LogP contribution in [0.2, 0.25) is 10.0 Å². The first kappa shape index (κ1) is 26.9. The fourth-order valence-electron chi connectivity index (χ4n) is 2.81. The predicted molar refractivity (Wildman–Crippen MR) is 136 cm³/mol. The van der Waals surface area contributed by atoms with Crippen LogP contribution in [-0.2, 0) is 4.74 Å². The lowest BCUT2D eigenvalue weighted by Crippen LogP contribution is -2.34. The predicted octanol–water partition coefficient (Wildman–Crippen LogP) is 6.19. The Hall–Kier alpha value is -3.69. The second-order valence-corrected chi connectivity index (χ2v) is 9.16. The Morgan fingerprint density at radius 3 is 2.17 bits per heavy atom. The molecule has 9 nitrogen and oxygen atoms in total. The molecular formula is C25H25Cl2N3O6. The van der Waals surface area contributed by atoms with E-state index in [4.69, 9.17) is 41.7 Å². The van der Waals surface area contributed by atoms with E-state index in [1.165, 1.54) is 6.07 Å². The molecule has 0 aliphatic rings. The van der Waals surface area contributed by atoms with Gasteiger partial charge < -0.3 is 23.8 Å². The van der Waals surface area contributed by atoms with Gasteiger partial charge in [-0.1, -0.05) is 47.5 Å². The number of halogens is 2. The zero-order valence-corrected chi connectivity index (χ0v) is 21.4. The maximum atomic E-state index is 11.5. The van der Waals surface area contributed by atoms with Crippen molar-refractivity contribution >= 4 is 29.3 Å². The number of hydrogen-bond acceptors (Lipinski definition) is 7. The minimum Gasteiger partial charge on any atom is -0.474 e. The number of alkyl carbamates (subject to hydrolysis) is 1. The lowest BCUT2D eigenvalue weighted by atomic mass is 10.2. The summed E-state index contributed by atoms with van der Waals surface area (Å²) in [6.45, 7) is 5.94. The molecule has 4 rings (SSSR count). The fourth-order valence-corrected chi connectivity index (χ4v) is 3.27. The number of nitrogens with one attached hydrogen (secondary N) is 2. The summed E-state index contributed by atoms with van der Waals surface area (Å²) in [6.07, 6.45) is -0.488. The summed E-state index contributed by atoms with van der Waals surface area (Å²) in [5.41, 5.74) is 0.654. The highest BCUT2D eigenvalue weighted by Crippen LogP contribution is 2.29. The number of nitrogens with zero attached hydrogens (tertiary/aromatic N) is 1. The van der Waals surface area contributed by atoms with Crippen LogP contribution >= 0.6 is 23.2 Å². The van der Waals surface area contributed by atoms with E-state index in [2.05, 4.69) is 15.6 Å². The Bertz CT molecular complexity index is 1340. The van der Waals surface area contributed by atoms with Crippen LogP contribution < -0.4 is 15.6 Å². The van der Waals surface area contributed by atoms with Gasteiger partial charge in [-0.3, -0.25) is 4.79 Å². The standard InChI is InChI=1S/C16H19ClN2O4.C9H6ClNO2/c1-16(2,3)22-15(20)18-8-9-21-14-10-13(23-19-14)11-6-4-5-7-12(11)17;10-7-4-2-1-3-6(7)8-5-9(12)11-13-8/h4-7,10H,8-9H2,1-3H3,(H,18,20);1-5H,(H,11,12). The molecule has 0 bridgehead atoms. The smallest absolute Gasteiger partial charge is 0.407 e. The third-order valence-corrected chi connectivity index (χ3v) is 4.97. The Balaban J connectivity index is 0.000000233. The molecule has 4 aromatic rings. The molecule has 0 aliphatic heterocycles. The Morgan fingerprint density at radius 2 is 1.61 bits per heavy atom. The molecule has 2 N–H and O–H groups in total. The van der Waals surface area contributed by atoms with Crippen molar-refractivity contribution in [3.8, 4) is 28.5 Å². The van der Waals surface area contributed by atoms with Gasteiger partial charge in [0.25, 0.3) is 11.4 Å². The number of H-pyrrole nitrogens is 1. The van der Waals surface area contributed by atoms with Crippen LogP contribution in [0.25, 0.3) is 22.6 Å². The van der Waals surface area contributed by atoms with Crippen molar-refractivity contribution in [2.45, 2.75) is 26.4 Å². The van der Waals surface area contributed by atoms with Crippen LogP contribution in [0, 0.1) is 0 Å². The zero-order chi connectivity index (χ0) is 26.1. The minimum atomic E-state index is -0.527. The molecule has 0 spiro atoms. The van der Waals surface area contributed by atoms with Gasteiger partial charge in [0.15, 0.2) is 11.5 Å². The number of benzene rings is 2. The summed E-state index contributed by atoms with van der Waals surface area (Å²) in [6, 6.07) is 17.5. The number of amides is 1. The van der Waals surface area contributed by atoms with Crippen LogP contribution in [0.15, 0.2) is 74.5 Å². The van der Waals surface area contributed by atoms with Gasteiger partial charge in [0.05, 0.1) is 22.7 Å². The van der Waals surface area contributed by atoms with Gasteiger partial charge in [-0.05, 0) is 50.2 Å². The quantitative estimate of drug-likeness (QED) is 0.283. The Kier molecular flexibility index (Phi) is 9.21. The second kappa shape index (κ2) is 12.3. The summed E-state index contributed by atoms with van der Waals surface area (Å²) >= 11 is 12.0. The largest absolute Gasteiger partial charge is 0.474 e. The summed E-state index contributed by atoms with van der Waals surface area (Å²) in [4.78, 5) is 22.2. The molecule has 0 radical (unpaired) electrons. The monoisotopic (exact) mass is 533 g/mol. The van der Waals surface area contributed by atoms with Crippen molar-refractivity contribution < 1.29 is 23.3 Å². The highest BCUT2D eigenvalue weighted by Gasteiger charge is 2.16. The van der Waals surface area contributed by atoms with Crippen molar-refractivity contribution in [3.05, 3.63) is 81.1 Å². The van der Waals surface area contributed by atoms with E-state index in [1.54, 1.807) is 45.0 Å². The number of hydrogen-bond donors (Lipinski definition) is 2. The molecule has 0 atom stereocenters. The van der Waals surface area contributed by atoms with Gasteiger partial charge in [0, 0.05) is 17.2 Å². The van der Waals surface area contributed by atoms with Gasteiger partial charge >= 0.3 is 6.09 Å². The van der Waals surface area contributed by atoms with Crippen LogP contribution in [0.1, 0.15) is 20.8 Å². The highest BCUT2D eigenvalue weighted by molar-refractivity contribution is 6.33. The maximum Gasteiger partial charge on any atom is 0.407 e. The molecule has 2 aromatic carbocycles. The third kappa shape index (κ3) is 8.21. The number of aromatic amines is 1. The fraction of sp³-hybridized carbons (Fsp3) is 0.240. The number of ether oxygens (including phenoxy) is 2. The van der Waals surface area contributed by atoms with Gasteiger partial charge in [0.1, 0.15) is 12.2 Å². The number of rotatable bonds is 6. The molecule has 190 valence electrons. The summed E-state index contributed by atoms with van der Waals surface area (Å²) in [5, 5.41) is 9.74. The van der Waals surface area contributed by atoms with E-state index in [0.717, 1.165) is 5.56 Å². The third-order valence-electron chi connectivity index (χ3n) is 4.31. The SMILES string of the molecule is CC(C)(C)OC(=O)NCCOc1cc(-c2ccccc2Cl)on1.O=c1cc(-c2ccccc2Cl)o[nH]1. The Morgan fingerprint density at radius 1 is 1.00 bits per heavy atom. The highest BCUT2D eigenvalue weighted by atomic mass is 35.5. The Labute approximate surface area is 217 Å². The number of aromatic nitrogens is 2. The molecule has 1 amide bonds. The van der Waals surface area contributed by atoms with E-state index < -0.39 is 11.7 Å². The average molecular weight is 534 g/mol. The molecule has 2 aromatic heterocycles. The van der Waals surface area contributed by atoms with E-state index >= 15 is 0 Å². The molecule has 36 heavy (non-hydrogen) atoms. The second-order valence-electron chi connectivity index (χ2n) is 8.34. The first-order valence-electron chi connectivity index (χ1n) is 10.9. The molecule has 0 fully saturated rings. The van der Waals surface area contributed by atoms with Gasteiger partial charge in [-0.15, -0.1) is 0 Å². The van der Waals surface area contributed by atoms with Crippen molar-refractivity contribution in [2.24, 2.45) is 0 Å². The summed E-state index contributed by atoms with van der Waals surface area (Å²) in [7, 11) is 0. The molecule has 11 heteroatoms. The van der Waals surface area contributed by atoms with Crippen LogP contribution in [0.3, 0.4) is 0 Å². The zero-order valence-electron chi connectivity index (χ0n) is 19.8. The lowest BCUT2D eigenvalue weighted by molar-refractivity contribution is 0.0519. The molecule has 2 heterocycles. The molecule has 0 aliphatic carbocycles. The first-order valence-corrected chi connectivity index (χ1v) is 11.6. The normalized spacial score (nSPS) is 10.8. The molecule has 0 saturated carbocycles. The van der Waals surface area contributed by atoms with Crippen molar-refractivity contribution in [2.75, 3.05) is 13.2 Å². The van der Waals surface area contributed by atoms with Gasteiger partial charge in [-0.2, -0.15) is 5.16 Å². The van der Waals surface area contributed by atoms with E-state index in [1.807, 2.05) is 30.3 Å². The summed E-state index contributed by atoms with van der Waals surface area (Å²) in [5.74, 6) is 1.30. The molecule has 0 saturated heterocycles. The number of carbonyl (C=O) groups excluding carboxylic acids is 1. The number of carbonyl (C=O) groups is 1. The van der Waals surface area contributed by atoms with Gasteiger partial charge in [-0.25, -0.2) is 4.79 Å². The maximum absolute atomic E-state index is 11.5.